The summed E-state index contributed by atoms with van der Waals surface area (Å²) < 4.78 is 2.55. The third kappa shape index (κ3) is 7.26. The van der Waals surface area contributed by atoms with Crippen LogP contribution in [0.5, 0.6) is 0 Å². The Hall–Kier alpha value is -0.520. The van der Waals surface area contributed by atoms with Crippen LogP contribution in [0.15, 0.2) is 47.4 Å². The zero-order valence-electron chi connectivity index (χ0n) is 21.8. The molecule has 1 aromatic carbocycles. The van der Waals surface area contributed by atoms with E-state index in [1.54, 1.807) is 0 Å². The predicted octanol–water partition coefficient (Wildman–Crippen LogP) is 6.55. The van der Waals surface area contributed by atoms with E-state index < -0.39 is 0 Å². The first kappa shape index (κ1) is 26.5. The van der Waals surface area contributed by atoms with Gasteiger partial charge in [-0.2, -0.15) is 0 Å². The van der Waals surface area contributed by atoms with Gasteiger partial charge in [-0.1, -0.05) is 58.0 Å². The van der Waals surface area contributed by atoms with Crippen LogP contribution in [-0.4, -0.2) is 59.9 Å². The van der Waals surface area contributed by atoms with E-state index in [1.165, 1.54) is 56.9 Å². The number of nitrogens with one attached hydrogen (secondary N) is 1. The number of hydrogen-bond acceptors (Lipinski definition) is 4. The molecule has 0 spiro atoms. The summed E-state index contributed by atoms with van der Waals surface area (Å²) in [4.78, 5) is 4.10. The number of likely N-dealkylation sites (tertiary alicyclic amines) is 1. The van der Waals surface area contributed by atoms with Gasteiger partial charge in [-0.25, -0.2) is 4.31 Å². The van der Waals surface area contributed by atoms with Crippen molar-refractivity contribution in [3.05, 3.63) is 42.5 Å². The van der Waals surface area contributed by atoms with E-state index in [1.807, 2.05) is 11.9 Å². The number of piperidine rings is 1. The van der Waals surface area contributed by atoms with Gasteiger partial charge < -0.3 is 10.2 Å². The fourth-order valence-corrected chi connectivity index (χ4v) is 7.63. The number of benzene rings is 1. The van der Waals surface area contributed by atoms with Crippen LogP contribution in [0.25, 0.3) is 0 Å². The lowest BCUT2D eigenvalue weighted by Gasteiger charge is -2.48. The average molecular weight is 504 g/mol. The van der Waals surface area contributed by atoms with E-state index in [4.69, 9.17) is 11.6 Å². The number of rotatable bonds is 9. The van der Waals surface area contributed by atoms with Crippen LogP contribution in [0.1, 0.15) is 53.4 Å². The monoisotopic (exact) mass is 503 g/mol. The molecular formula is C29H46ClN3S. The van der Waals surface area contributed by atoms with Crippen molar-refractivity contribution in [2.45, 2.75) is 69.7 Å². The highest BCUT2D eigenvalue weighted by Crippen LogP contribution is 2.43. The molecule has 2 fully saturated rings. The van der Waals surface area contributed by atoms with Crippen LogP contribution in [0.4, 0.5) is 0 Å². The smallest absolute Gasteiger partial charge is 0.0516 e. The number of halogens is 1. The Bertz CT molecular complexity index is 783. The normalized spacial score (nSPS) is 31.2. The van der Waals surface area contributed by atoms with Crippen LogP contribution < -0.4 is 5.32 Å². The molecular weight excluding hydrogens is 458 g/mol. The van der Waals surface area contributed by atoms with Crippen molar-refractivity contribution in [1.29, 1.82) is 0 Å². The molecule has 1 aliphatic carbocycles. The van der Waals surface area contributed by atoms with Crippen molar-refractivity contribution >= 4 is 23.5 Å². The Kier molecular flexibility index (Phi) is 9.48. The molecule has 34 heavy (non-hydrogen) atoms. The van der Waals surface area contributed by atoms with Crippen LogP contribution in [-0.2, 0) is 0 Å². The van der Waals surface area contributed by atoms with Crippen LogP contribution in [0, 0.1) is 29.1 Å². The van der Waals surface area contributed by atoms with E-state index in [9.17, 15) is 0 Å². The van der Waals surface area contributed by atoms with Crippen molar-refractivity contribution in [3.63, 3.8) is 0 Å². The van der Waals surface area contributed by atoms with Gasteiger partial charge in [0.05, 0.1) is 5.38 Å². The van der Waals surface area contributed by atoms with Crippen molar-refractivity contribution in [1.82, 2.24) is 14.5 Å². The number of nitrogens with zero attached hydrogens (tertiary/aromatic N) is 2. The molecule has 5 atom stereocenters. The first-order valence-corrected chi connectivity index (χ1v) is 14.8. The van der Waals surface area contributed by atoms with Crippen molar-refractivity contribution in [3.8, 4) is 0 Å². The van der Waals surface area contributed by atoms with Crippen molar-refractivity contribution in [2.24, 2.45) is 29.1 Å². The molecule has 2 saturated heterocycles. The molecule has 3 aliphatic rings. The average Bonchev–Trinajstić information content (AvgIpc) is 3.24. The molecule has 0 aromatic heterocycles. The van der Waals surface area contributed by atoms with Gasteiger partial charge in [0.15, 0.2) is 0 Å². The zero-order valence-corrected chi connectivity index (χ0v) is 23.3. The Morgan fingerprint density at radius 1 is 1.06 bits per heavy atom. The molecule has 2 unspecified atom stereocenters. The van der Waals surface area contributed by atoms with Gasteiger partial charge in [-0.3, -0.25) is 0 Å². The first-order chi connectivity index (χ1) is 16.3. The summed E-state index contributed by atoms with van der Waals surface area (Å²) in [6.07, 6.45) is 9.70. The summed E-state index contributed by atoms with van der Waals surface area (Å²) in [6, 6.07) is 11.4. The fraction of sp³-hybridized carbons (Fsp3) is 0.724. The van der Waals surface area contributed by atoms with Crippen molar-refractivity contribution < 1.29 is 0 Å². The summed E-state index contributed by atoms with van der Waals surface area (Å²) in [7, 11) is 0. The largest absolute Gasteiger partial charge is 0.312 e. The topological polar surface area (TPSA) is 18.5 Å². The van der Waals surface area contributed by atoms with E-state index in [0.717, 1.165) is 24.8 Å². The maximum absolute atomic E-state index is 6.32. The van der Waals surface area contributed by atoms with E-state index in [2.05, 4.69) is 84.7 Å². The summed E-state index contributed by atoms with van der Waals surface area (Å²) in [6.45, 7) is 16.9. The third-order valence-electron chi connectivity index (χ3n) is 8.41. The second-order valence-corrected chi connectivity index (χ2v) is 13.7. The molecule has 1 N–H and O–H groups in total. The third-order valence-corrected chi connectivity index (χ3v) is 9.84. The van der Waals surface area contributed by atoms with Gasteiger partial charge >= 0.3 is 0 Å². The van der Waals surface area contributed by atoms with Gasteiger partial charge in [0, 0.05) is 37.1 Å². The Morgan fingerprint density at radius 3 is 2.53 bits per heavy atom. The standard InChI is InChI=1S/C29H46ClN3S/c1-22(2)28(31-18-23-14-17-33(19-23)34-26-8-6-5-7-9-26)20-32-16-15-27(29(3,4)21-32)24-10-12-25(30)13-11-24/h5-10,12,22-25,27-28,31H,11,13-21H2,1-4H3/t23-,24?,25?,27+,28-/m0/s1. The number of allylic oxidation sites excluding steroid dienone is 2. The summed E-state index contributed by atoms with van der Waals surface area (Å²) >= 11 is 8.24. The maximum Gasteiger partial charge on any atom is 0.0516 e. The van der Waals surface area contributed by atoms with Crippen LogP contribution in [0.3, 0.4) is 0 Å². The van der Waals surface area contributed by atoms with Gasteiger partial charge in [-0.15, -0.1) is 11.6 Å². The van der Waals surface area contributed by atoms with Crippen molar-refractivity contribution in [2.75, 3.05) is 39.3 Å². The minimum atomic E-state index is 0.251. The molecule has 0 radical (unpaired) electrons. The lowest BCUT2D eigenvalue weighted by molar-refractivity contribution is 0.0218. The number of alkyl halides is 1. The zero-order chi connectivity index (χ0) is 24.1. The lowest BCUT2D eigenvalue weighted by Crippen LogP contribution is -2.53. The predicted molar refractivity (Wildman–Crippen MR) is 148 cm³/mol. The lowest BCUT2D eigenvalue weighted by atomic mass is 9.65. The summed E-state index contributed by atoms with van der Waals surface area (Å²) in [5.74, 6) is 2.90. The van der Waals surface area contributed by atoms with Crippen LogP contribution >= 0.6 is 23.5 Å². The van der Waals surface area contributed by atoms with Gasteiger partial charge in [0.2, 0.25) is 0 Å². The highest BCUT2D eigenvalue weighted by Gasteiger charge is 2.40. The van der Waals surface area contributed by atoms with E-state index in [-0.39, 0.29) is 5.38 Å². The second-order valence-electron chi connectivity index (χ2n) is 12.0. The quantitative estimate of drug-likeness (QED) is 0.234. The minimum absolute atomic E-state index is 0.251. The van der Waals surface area contributed by atoms with Crippen LogP contribution in [0.2, 0.25) is 0 Å². The molecule has 3 nitrogen and oxygen atoms in total. The highest BCUT2D eigenvalue weighted by molar-refractivity contribution is 7.97. The van der Waals surface area contributed by atoms with Gasteiger partial charge in [0.25, 0.3) is 0 Å². The molecule has 0 amide bonds. The molecule has 2 heterocycles. The molecule has 0 saturated carbocycles. The number of hydrogen-bond donors (Lipinski definition) is 1. The first-order valence-electron chi connectivity index (χ1n) is 13.6. The Morgan fingerprint density at radius 2 is 1.85 bits per heavy atom. The Labute approximate surface area is 218 Å². The highest BCUT2D eigenvalue weighted by atomic mass is 35.5. The van der Waals surface area contributed by atoms with Gasteiger partial charge in [-0.05, 0) is 91.9 Å². The molecule has 1 aromatic rings. The molecule has 190 valence electrons. The second kappa shape index (κ2) is 12.1. The van der Waals surface area contributed by atoms with E-state index >= 15 is 0 Å². The maximum atomic E-state index is 6.32. The molecule has 4 rings (SSSR count). The Balaban J connectivity index is 1.24. The minimum Gasteiger partial charge on any atom is -0.312 e. The molecule has 0 bridgehead atoms. The fourth-order valence-electron chi connectivity index (χ4n) is 6.36. The van der Waals surface area contributed by atoms with E-state index in [0.29, 0.717) is 23.3 Å². The molecule has 2 aliphatic heterocycles. The summed E-state index contributed by atoms with van der Waals surface area (Å²) in [5.41, 5.74) is 0.356. The van der Waals surface area contributed by atoms with Gasteiger partial charge in [0.1, 0.15) is 0 Å². The molecule has 5 heteroatoms. The SMILES string of the molecule is CC(C)[C@H](CN1CC[C@H](C2C=CC(Cl)CC2)C(C)(C)C1)NC[C@@H]1CCN(Sc2ccccc2)C1. The summed E-state index contributed by atoms with van der Waals surface area (Å²) in [5, 5.41) is 4.25.